The van der Waals surface area contributed by atoms with Gasteiger partial charge in [-0.05, 0) is 32.0 Å². The number of aryl methyl sites for hydroxylation is 1. The van der Waals surface area contributed by atoms with Crippen molar-refractivity contribution in [1.82, 2.24) is 4.98 Å². The molecular weight excluding hydrogens is 301 g/mol. The average molecular weight is 316 g/mol. The second-order valence-corrected chi connectivity index (χ2v) is 6.23. The monoisotopic (exact) mass is 315 g/mol. The van der Waals surface area contributed by atoms with Crippen molar-refractivity contribution in [3.05, 3.63) is 38.0 Å². The lowest BCUT2D eigenvalue weighted by molar-refractivity contribution is 1.11. The first-order chi connectivity index (χ1) is 9.10. The van der Waals surface area contributed by atoms with E-state index in [-0.39, 0.29) is 0 Å². The first-order valence-corrected chi connectivity index (χ1v) is 7.56. The van der Waals surface area contributed by atoms with Crippen LogP contribution in [0.1, 0.15) is 16.7 Å². The van der Waals surface area contributed by atoms with Gasteiger partial charge in [0.05, 0.1) is 16.6 Å². The predicted octanol–water partition coefficient (Wildman–Crippen LogP) is 4.80. The molecule has 0 aliphatic carbocycles. The third-order valence-corrected chi connectivity index (χ3v) is 4.08. The third kappa shape index (κ3) is 3.75. The van der Waals surface area contributed by atoms with E-state index in [4.69, 9.17) is 23.2 Å². The Labute approximate surface area is 127 Å². The van der Waals surface area contributed by atoms with Gasteiger partial charge in [0.15, 0.2) is 0 Å². The average Bonchev–Trinajstić information content (AvgIpc) is 2.77. The fourth-order valence-electron chi connectivity index (χ4n) is 1.63. The topological polar surface area (TPSA) is 37.0 Å². The number of nitrogens with one attached hydrogen (secondary N) is 2. The van der Waals surface area contributed by atoms with Gasteiger partial charge >= 0.3 is 0 Å². The summed E-state index contributed by atoms with van der Waals surface area (Å²) in [5.41, 5.74) is 0. The molecule has 102 valence electrons. The summed E-state index contributed by atoms with van der Waals surface area (Å²) in [5, 5.41) is 7.40. The molecule has 19 heavy (non-hydrogen) atoms. The molecule has 0 spiro atoms. The highest BCUT2D eigenvalue weighted by Crippen LogP contribution is 2.29. The van der Waals surface area contributed by atoms with Crippen molar-refractivity contribution >= 4 is 46.2 Å². The maximum absolute atomic E-state index is 6.14. The Morgan fingerprint density at radius 1 is 1.16 bits per heavy atom. The molecule has 0 unspecified atom stereocenters. The summed E-state index contributed by atoms with van der Waals surface area (Å²) in [5.74, 6) is 1.30. The molecule has 2 rings (SSSR count). The molecular formula is C13H15Cl2N3S. The van der Waals surface area contributed by atoms with Crippen LogP contribution in [0.3, 0.4) is 0 Å². The minimum Gasteiger partial charge on any atom is -0.369 e. The summed E-state index contributed by atoms with van der Waals surface area (Å²) in [6, 6.07) is 5.90. The second kappa shape index (κ2) is 6.46. The lowest BCUT2D eigenvalue weighted by atomic mass is 10.4. The summed E-state index contributed by atoms with van der Waals surface area (Å²) in [6.07, 6.45) is 0. The minimum atomic E-state index is 0.528. The molecule has 0 atom stereocenters. The Morgan fingerprint density at radius 3 is 2.42 bits per heavy atom. The maximum Gasteiger partial charge on any atom is 0.147 e. The van der Waals surface area contributed by atoms with Crippen molar-refractivity contribution in [2.75, 3.05) is 17.2 Å². The van der Waals surface area contributed by atoms with E-state index in [9.17, 15) is 0 Å². The zero-order chi connectivity index (χ0) is 13.8. The number of anilines is 2. The fourth-order valence-corrected chi connectivity index (χ4v) is 2.96. The third-order valence-electron chi connectivity index (χ3n) is 2.50. The van der Waals surface area contributed by atoms with Gasteiger partial charge in [0, 0.05) is 16.3 Å². The molecule has 0 saturated carbocycles. The largest absolute Gasteiger partial charge is 0.369 e. The molecule has 0 amide bonds. The van der Waals surface area contributed by atoms with Crippen LogP contribution in [0.15, 0.2) is 18.2 Å². The van der Waals surface area contributed by atoms with Crippen LogP contribution in [0, 0.1) is 6.92 Å². The Bertz CT molecular complexity index is 569. The van der Waals surface area contributed by atoms with Gasteiger partial charge in [0.25, 0.3) is 0 Å². The Balaban J connectivity index is 2.13. The van der Waals surface area contributed by atoms with Crippen molar-refractivity contribution in [3.8, 4) is 0 Å². The minimum absolute atomic E-state index is 0.528. The van der Waals surface area contributed by atoms with Crippen molar-refractivity contribution in [1.29, 1.82) is 0 Å². The van der Waals surface area contributed by atoms with Crippen LogP contribution in [0.5, 0.6) is 0 Å². The number of hydrogen-bond donors (Lipinski definition) is 2. The number of thiophene rings is 1. The highest BCUT2D eigenvalue weighted by atomic mass is 35.5. The zero-order valence-electron chi connectivity index (χ0n) is 10.8. The molecule has 2 N–H and O–H groups in total. The normalized spacial score (nSPS) is 10.5. The lowest BCUT2D eigenvalue weighted by Gasteiger charge is -2.11. The highest BCUT2D eigenvalue weighted by Gasteiger charge is 2.09. The van der Waals surface area contributed by atoms with Crippen LogP contribution in [-0.4, -0.2) is 11.5 Å². The van der Waals surface area contributed by atoms with E-state index in [1.54, 1.807) is 17.4 Å². The maximum atomic E-state index is 6.14. The fraction of sp³-hybridized carbons (Fsp3) is 0.308. The molecule has 3 nitrogen and oxygen atoms in total. The highest BCUT2D eigenvalue weighted by molar-refractivity contribution is 7.11. The molecule has 0 fully saturated rings. The van der Waals surface area contributed by atoms with Gasteiger partial charge in [0.2, 0.25) is 0 Å². The van der Waals surface area contributed by atoms with Gasteiger partial charge in [-0.3, -0.25) is 0 Å². The van der Waals surface area contributed by atoms with E-state index in [0.29, 0.717) is 28.2 Å². The summed E-state index contributed by atoms with van der Waals surface area (Å²) < 4.78 is 0. The number of nitrogens with zero attached hydrogens (tertiary/aromatic N) is 1. The SMILES string of the molecule is CCNc1nc(NCc2ccc(C)s2)c(Cl)cc1Cl. The number of halogens is 2. The van der Waals surface area contributed by atoms with Gasteiger partial charge < -0.3 is 10.6 Å². The van der Waals surface area contributed by atoms with Crippen LogP contribution in [0.25, 0.3) is 0 Å². The van der Waals surface area contributed by atoms with Gasteiger partial charge in [-0.2, -0.15) is 0 Å². The first-order valence-electron chi connectivity index (χ1n) is 5.99. The quantitative estimate of drug-likeness (QED) is 0.832. The molecule has 2 heterocycles. The van der Waals surface area contributed by atoms with Crippen LogP contribution >= 0.6 is 34.5 Å². The van der Waals surface area contributed by atoms with Crippen molar-refractivity contribution in [2.45, 2.75) is 20.4 Å². The predicted molar refractivity (Wildman–Crippen MR) is 84.8 cm³/mol. The van der Waals surface area contributed by atoms with E-state index < -0.39 is 0 Å². The number of rotatable bonds is 5. The number of aromatic nitrogens is 1. The summed E-state index contributed by atoms with van der Waals surface area (Å²) in [4.78, 5) is 6.94. The molecule has 0 aromatic carbocycles. The first kappa shape index (κ1) is 14.4. The summed E-state index contributed by atoms with van der Waals surface area (Å²) in [6.45, 7) is 5.55. The molecule has 0 bridgehead atoms. The Kier molecular flexibility index (Phi) is 4.91. The molecule has 0 aliphatic rings. The van der Waals surface area contributed by atoms with Crippen molar-refractivity contribution < 1.29 is 0 Å². The Morgan fingerprint density at radius 2 is 1.84 bits per heavy atom. The summed E-state index contributed by atoms with van der Waals surface area (Å²) in [7, 11) is 0. The summed E-state index contributed by atoms with van der Waals surface area (Å²) >= 11 is 14.0. The van der Waals surface area contributed by atoms with E-state index in [2.05, 4.69) is 34.7 Å². The molecule has 0 aliphatic heterocycles. The lowest BCUT2D eigenvalue weighted by Crippen LogP contribution is -2.05. The van der Waals surface area contributed by atoms with Crippen molar-refractivity contribution in [2.24, 2.45) is 0 Å². The molecule has 6 heteroatoms. The van der Waals surface area contributed by atoms with E-state index >= 15 is 0 Å². The van der Waals surface area contributed by atoms with Crippen molar-refractivity contribution in [3.63, 3.8) is 0 Å². The zero-order valence-corrected chi connectivity index (χ0v) is 13.1. The van der Waals surface area contributed by atoms with Crippen LogP contribution in [-0.2, 0) is 6.54 Å². The van der Waals surface area contributed by atoms with E-state index in [1.807, 2.05) is 6.92 Å². The van der Waals surface area contributed by atoms with Gasteiger partial charge in [-0.15, -0.1) is 11.3 Å². The smallest absolute Gasteiger partial charge is 0.147 e. The molecule has 2 aromatic rings. The molecule has 0 saturated heterocycles. The number of hydrogen-bond acceptors (Lipinski definition) is 4. The van der Waals surface area contributed by atoms with E-state index in [1.165, 1.54) is 9.75 Å². The van der Waals surface area contributed by atoms with Crippen LogP contribution in [0.2, 0.25) is 10.0 Å². The molecule has 2 aromatic heterocycles. The number of pyridine rings is 1. The van der Waals surface area contributed by atoms with Gasteiger partial charge in [-0.1, -0.05) is 23.2 Å². The van der Waals surface area contributed by atoms with Crippen LogP contribution in [0.4, 0.5) is 11.6 Å². The van der Waals surface area contributed by atoms with Crippen LogP contribution < -0.4 is 10.6 Å². The van der Waals surface area contributed by atoms with Gasteiger partial charge in [-0.25, -0.2) is 4.98 Å². The standard InChI is InChI=1S/C13H15Cl2N3S/c1-3-16-12-10(14)6-11(15)13(18-12)17-7-9-5-4-8(2)19-9/h4-6H,3,7H2,1-2H3,(H2,16,17,18). The Hall–Kier alpha value is -0.970. The van der Waals surface area contributed by atoms with Gasteiger partial charge in [0.1, 0.15) is 11.6 Å². The van der Waals surface area contributed by atoms with E-state index in [0.717, 1.165) is 6.54 Å². The second-order valence-electron chi connectivity index (χ2n) is 4.05. The molecule has 0 radical (unpaired) electrons.